The van der Waals surface area contributed by atoms with Gasteiger partial charge in [-0.1, -0.05) is 60.1 Å². The summed E-state index contributed by atoms with van der Waals surface area (Å²) >= 11 is 9.85. The van der Waals surface area contributed by atoms with Gasteiger partial charge in [0.2, 0.25) is 0 Å². The van der Waals surface area contributed by atoms with Gasteiger partial charge in [0, 0.05) is 5.56 Å². The Morgan fingerprint density at radius 3 is 2.50 bits per heavy atom. The Kier molecular flexibility index (Phi) is 6.58. The lowest BCUT2D eigenvalue weighted by Gasteiger charge is -2.12. The predicted molar refractivity (Wildman–Crippen MR) is 123 cm³/mol. The van der Waals surface area contributed by atoms with E-state index >= 15 is 0 Å². The van der Waals surface area contributed by atoms with Crippen LogP contribution in [-0.4, -0.2) is 16.8 Å². The molecule has 32 heavy (non-hydrogen) atoms. The number of carbonyl (C=O) groups is 2. The molecule has 0 bridgehead atoms. The van der Waals surface area contributed by atoms with Crippen molar-refractivity contribution in [3.8, 4) is 5.75 Å². The van der Waals surface area contributed by atoms with Gasteiger partial charge in [-0.3, -0.25) is 9.69 Å². The van der Waals surface area contributed by atoms with E-state index in [2.05, 4.69) is 21.2 Å². The normalized spacial score (nSPS) is 14.7. The molecule has 1 saturated heterocycles. The molecule has 1 heterocycles. The van der Waals surface area contributed by atoms with Gasteiger partial charge >= 0.3 is 6.03 Å². The van der Waals surface area contributed by atoms with E-state index in [1.807, 2.05) is 30.3 Å². The van der Waals surface area contributed by atoms with E-state index in [9.17, 15) is 14.0 Å². The Morgan fingerprint density at radius 2 is 1.78 bits per heavy atom. The van der Waals surface area contributed by atoms with Gasteiger partial charge in [-0.05, 0) is 51.3 Å². The minimum absolute atomic E-state index is 0.0762. The molecule has 4 rings (SSSR count). The number of hydrogen-bond acceptors (Lipinski definition) is 3. The highest BCUT2D eigenvalue weighted by Gasteiger charge is 2.34. The van der Waals surface area contributed by atoms with Gasteiger partial charge in [0.15, 0.2) is 5.75 Å². The van der Waals surface area contributed by atoms with Gasteiger partial charge in [-0.2, -0.15) is 0 Å². The molecular weight excluding hydrogens is 499 g/mol. The Labute approximate surface area is 197 Å². The van der Waals surface area contributed by atoms with Crippen LogP contribution in [0, 0.1) is 5.82 Å². The number of hydrogen-bond donors (Lipinski definition) is 1. The molecule has 5 nitrogen and oxygen atoms in total. The molecule has 3 aromatic carbocycles. The Morgan fingerprint density at radius 1 is 1.06 bits per heavy atom. The second kappa shape index (κ2) is 9.54. The van der Waals surface area contributed by atoms with Gasteiger partial charge in [0.05, 0.1) is 16.0 Å². The van der Waals surface area contributed by atoms with Crippen LogP contribution in [0.25, 0.3) is 6.08 Å². The Bertz CT molecular complexity index is 1190. The number of amides is 3. The highest BCUT2D eigenvalue weighted by Crippen LogP contribution is 2.36. The van der Waals surface area contributed by atoms with Gasteiger partial charge in [-0.15, -0.1) is 0 Å². The maximum absolute atomic E-state index is 13.9. The van der Waals surface area contributed by atoms with Gasteiger partial charge < -0.3 is 10.1 Å². The van der Waals surface area contributed by atoms with Crippen molar-refractivity contribution in [2.45, 2.75) is 13.2 Å². The Balaban J connectivity index is 1.51. The largest absolute Gasteiger partial charge is 0.486 e. The summed E-state index contributed by atoms with van der Waals surface area (Å²) in [5, 5.41) is 2.88. The molecule has 0 atom stereocenters. The molecule has 1 fully saturated rings. The van der Waals surface area contributed by atoms with Crippen LogP contribution in [-0.2, 0) is 17.9 Å². The van der Waals surface area contributed by atoms with Crippen molar-refractivity contribution in [1.82, 2.24) is 10.2 Å². The number of benzene rings is 3. The topological polar surface area (TPSA) is 58.6 Å². The van der Waals surface area contributed by atoms with E-state index in [1.165, 1.54) is 18.2 Å². The van der Waals surface area contributed by atoms with Crippen molar-refractivity contribution in [2.75, 3.05) is 0 Å². The van der Waals surface area contributed by atoms with Crippen molar-refractivity contribution in [3.63, 3.8) is 0 Å². The zero-order valence-electron chi connectivity index (χ0n) is 16.6. The number of nitrogens with one attached hydrogen (secondary N) is 1. The van der Waals surface area contributed by atoms with E-state index in [4.69, 9.17) is 16.3 Å². The fraction of sp³-hybridized carbons (Fsp3) is 0.0833. The molecule has 1 aliphatic rings. The molecule has 0 saturated carbocycles. The fourth-order valence-corrected chi connectivity index (χ4v) is 4.20. The van der Waals surface area contributed by atoms with E-state index in [1.54, 1.807) is 24.3 Å². The van der Waals surface area contributed by atoms with Crippen LogP contribution in [0.2, 0.25) is 5.02 Å². The first kappa shape index (κ1) is 22.0. The molecule has 1 aliphatic heterocycles. The molecule has 3 amide bonds. The Hall–Kier alpha value is -3.16. The third-order valence-electron chi connectivity index (χ3n) is 4.81. The molecule has 3 aromatic rings. The van der Waals surface area contributed by atoms with Crippen molar-refractivity contribution < 1.29 is 18.7 Å². The maximum atomic E-state index is 13.9. The lowest BCUT2D eigenvalue weighted by Crippen LogP contribution is -2.30. The lowest BCUT2D eigenvalue weighted by molar-refractivity contribution is -0.123. The van der Waals surface area contributed by atoms with Crippen LogP contribution in [0.1, 0.15) is 16.7 Å². The number of rotatable bonds is 6. The summed E-state index contributed by atoms with van der Waals surface area (Å²) in [5.41, 5.74) is 1.91. The summed E-state index contributed by atoms with van der Waals surface area (Å²) in [4.78, 5) is 26.0. The minimum atomic E-state index is -0.613. The average Bonchev–Trinajstić information content (AvgIpc) is 3.02. The molecule has 0 unspecified atom stereocenters. The smallest absolute Gasteiger partial charge is 0.329 e. The summed E-state index contributed by atoms with van der Waals surface area (Å²) in [6, 6.07) is 18.4. The average molecular weight is 516 g/mol. The van der Waals surface area contributed by atoms with Crippen molar-refractivity contribution >= 4 is 45.5 Å². The quantitative estimate of drug-likeness (QED) is 0.328. The van der Waals surface area contributed by atoms with E-state index in [-0.39, 0.29) is 17.8 Å². The first-order valence-corrected chi connectivity index (χ1v) is 10.8. The third kappa shape index (κ3) is 4.84. The summed E-state index contributed by atoms with van der Waals surface area (Å²) in [6.07, 6.45) is 1.51. The molecule has 0 aliphatic carbocycles. The standard InChI is InChI=1S/C24H17BrClFN2O3/c25-18-10-16(11-19(26)22(18)32-14-15-6-2-1-3-7-15)12-21-23(30)29(24(31)28-21)13-17-8-4-5-9-20(17)27/h1-12H,13-14H2,(H,28,31)/b21-12+. The van der Waals surface area contributed by atoms with Gasteiger partial charge in [-0.25, -0.2) is 9.18 Å². The molecule has 1 N–H and O–H groups in total. The number of ether oxygens (including phenoxy) is 1. The molecule has 0 radical (unpaired) electrons. The molecule has 0 aromatic heterocycles. The van der Waals surface area contributed by atoms with Crippen LogP contribution in [0.5, 0.6) is 5.75 Å². The molecular formula is C24H17BrClFN2O3. The van der Waals surface area contributed by atoms with E-state index in [0.29, 0.717) is 27.4 Å². The van der Waals surface area contributed by atoms with Crippen molar-refractivity contribution in [2.24, 2.45) is 0 Å². The summed E-state index contributed by atoms with van der Waals surface area (Å²) < 4.78 is 20.4. The first-order valence-electron chi connectivity index (χ1n) is 9.66. The van der Waals surface area contributed by atoms with Crippen LogP contribution >= 0.6 is 27.5 Å². The minimum Gasteiger partial charge on any atom is -0.486 e. The monoisotopic (exact) mass is 514 g/mol. The number of nitrogens with zero attached hydrogens (tertiary/aromatic N) is 1. The van der Waals surface area contributed by atoms with Crippen molar-refractivity contribution in [3.05, 3.63) is 104 Å². The molecule has 8 heteroatoms. The van der Waals surface area contributed by atoms with Crippen LogP contribution in [0.4, 0.5) is 9.18 Å². The summed E-state index contributed by atoms with van der Waals surface area (Å²) in [6.45, 7) is 0.185. The van der Waals surface area contributed by atoms with Crippen LogP contribution in [0.15, 0.2) is 76.9 Å². The van der Waals surface area contributed by atoms with Crippen molar-refractivity contribution in [1.29, 1.82) is 0 Å². The van der Waals surface area contributed by atoms with Crippen LogP contribution < -0.4 is 10.1 Å². The van der Waals surface area contributed by atoms with Crippen LogP contribution in [0.3, 0.4) is 0 Å². The maximum Gasteiger partial charge on any atom is 0.329 e. The highest BCUT2D eigenvalue weighted by atomic mass is 79.9. The zero-order valence-corrected chi connectivity index (χ0v) is 19.0. The SMILES string of the molecule is O=C1N/C(=C/c2cc(Cl)c(OCc3ccccc3)c(Br)c2)C(=O)N1Cc1ccccc1F. The van der Waals surface area contributed by atoms with Gasteiger partial charge in [0.1, 0.15) is 18.1 Å². The predicted octanol–water partition coefficient (Wildman–Crippen LogP) is 5.91. The number of urea groups is 1. The highest BCUT2D eigenvalue weighted by molar-refractivity contribution is 9.10. The van der Waals surface area contributed by atoms with E-state index in [0.717, 1.165) is 10.5 Å². The van der Waals surface area contributed by atoms with Gasteiger partial charge in [0.25, 0.3) is 5.91 Å². The van der Waals surface area contributed by atoms with E-state index < -0.39 is 17.8 Å². The second-order valence-electron chi connectivity index (χ2n) is 7.06. The summed E-state index contributed by atoms with van der Waals surface area (Å²) in [7, 11) is 0. The number of imide groups is 1. The second-order valence-corrected chi connectivity index (χ2v) is 8.32. The lowest BCUT2D eigenvalue weighted by atomic mass is 10.1. The molecule has 0 spiro atoms. The summed E-state index contributed by atoms with van der Waals surface area (Å²) in [5.74, 6) is -0.553. The number of halogens is 3. The first-order chi connectivity index (χ1) is 15.4. The fourth-order valence-electron chi connectivity index (χ4n) is 3.21. The third-order valence-corrected chi connectivity index (χ3v) is 5.68. The number of carbonyl (C=O) groups excluding carboxylic acids is 2. The zero-order chi connectivity index (χ0) is 22.7. The molecule has 162 valence electrons.